The quantitative estimate of drug-likeness (QED) is 0.588. The van der Waals surface area contributed by atoms with Crippen LogP contribution in [0.2, 0.25) is 0 Å². The fraction of sp³-hybridized carbons (Fsp3) is 0.429. The van der Waals surface area contributed by atoms with Crippen LogP contribution >= 0.6 is 0 Å². The summed E-state index contributed by atoms with van der Waals surface area (Å²) < 4.78 is 5.11. The molecule has 0 aliphatic carbocycles. The predicted octanol–water partition coefficient (Wildman–Crippen LogP) is 0.102. The summed E-state index contributed by atoms with van der Waals surface area (Å²) in [5, 5.41) is 14.6. The van der Waals surface area contributed by atoms with E-state index in [1.165, 1.54) is 0 Å². The van der Waals surface area contributed by atoms with Gasteiger partial charge in [0.05, 0.1) is 17.0 Å². The van der Waals surface area contributed by atoms with Gasteiger partial charge in [0, 0.05) is 32.2 Å². The Morgan fingerprint density at radius 3 is 2.68 bits per heavy atom. The molecule has 0 atom stereocenters. The molecule has 0 saturated carbocycles. The third-order valence-electron chi connectivity index (χ3n) is 3.93. The molecule has 1 fully saturated rings. The molecule has 0 aromatic carbocycles. The Bertz CT molecular complexity index is 798. The van der Waals surface area contributed by atoms with Gasteiger partial charge in [-0.2, -0.15) is 4.98 Å². The molecule has 0 unspecified atom stereocenters. The Morgan fingerprint density at radius 1 is 1.40 bits per heavy atom. The van der Waals surface area contributed by atoms with Crippen molar-refractivity contribution in [3.05, 3.63) is 39.7 Å². The van der Waals surface area contributed by atoms with E-state index in [1.807, 2.05) is 4.90 Å². The van der Waals surface area contributed by atoms with Crippen molar-refractivity contribution in [3.8, 4) is 0 Å². The van der Waals surface area contributed by atoms with Crippen LogP contribution in [0.25, 0.3) is 0 Å². The molecule has 0 spiro atoms. The van der Waals surface area contributed by atoms with E-state index in [2.05, 4.69) is 20.0 Å². The maximum atomic E-state index is 11.6. The number of amides is 1. The fourth-order valence-electron chi connectivity index (χ4n) is 2.69. The van der Waals surface area contributed by atoms with Crippen LogP contribution in [0, 0.1) is 17.0 Å². The molecule has 3 rings (SSSR count). The Morgan fingerprint density at radius 2 is 2.12 bits per heavy atom. The molecule has 25 heavy (non-hydrogen) atoms. The smallest absolute Gasteiger partial charge is 0.288 e. The SMILES string of the molecule is Cc1noc(CN2CCN(c3ncc([N+](=O)[O-])cc3C(N)=O)CC2)n1. The van der Waals surface area contributed by atoms with Crippen molar-refractivity contribution in [2.24, 2.45) is 5.73 Å². The summed E-state index contributed by atoms with van der Waals surface area (Å²) in [6.07, 6.45) is 1.13. The van der Waals surface area contributed by atoms with Crippen LogP contribution in [0.1, 0.15) is 22.1 Å². The summed E-state index contributed by atoms with van der Waals surface area (Å²) in [5.74, 6) is 0.772. The van der Waals surface area contributed by atoms with E-state index in [0.717, 1.165) is 12.3 Å². The van der Waals surface area contributed by atoms with Gasteiger partial charge in [0.25, 0.3) is 11.6 Å². The first-order valence-electron chi connectivity index (χ1n) is 7.65. The van der Waals surface area contributed by atoms with Crippen molar-refractivity contribution < 1.29 is 14.2 Å². The lowest BCUT2D eigenvalue weighted by atomic mass is 10.2. The van der Waals surface area contributed by atoms with Crippen LogP contribution in [0.5, 0.6) is 0 Å². The molecule has 1 aliphatic rings. The lowest BCUT2D eigenvalue weighted by Gasteiger charge is -2.35. The molecule has 1 amide bonds. The molecule has 2 aromatic heterocycles. The fourth-order valence-corrected chi connectivity index (χ4v) is 2.69. The summed E-state index contributed by atoms with van der Waals surface area (Å²) in [4.78, 5) is 34.2. The number of aromatic nitrogens is 3. The third kappa shape index (κ3) is 3.71. The minimum absolute atomic E-state index is 0.0511. The number of nitrogens with two attached hydrogens (primary N) is 1. The lowest BCUT2D eigenvalue weighted by molar-refractivity contribution is -0.385. The second-order valence-corrected chi connectivity index (χ2v) is 5.68. The topological polar surface area (TPSA) is 145 Å². The van der Waals surface area contributed by atoms with Crippen LogP contribution < -0.4 is 10.6 Å². The average molecular weight is 347 g/mol. The molecule has 1 saturated heterocycles. The van der Waals surface area contributed by atoms with Crippen LogP contribution in [0.3, 0.4) is 0 Å². The third-order valence-corrected chi connectivity index (χ3v) is 3.93. The summed E-state index contributed by atoms with van der Waals surface area (Å²) in [6.45, 7) is 4.88. The number of carbonyl (C=O) groups is 1. The zero-order valence-corrected chi connectivity index (χ0v) is 13.6. The maximum absolute atomic E-state index is 11.6. The number of carbonyl (C=O) groups excluding carboxylic acids is 1. The molecule has 3 heterocycles. The van der Waals surface area contributed by atoms with Gasteiger partial charge in [-0.05, 0) is 6.92 Å². The normalized spacial score (nSPS) is 15.3. The van der Waals surface area contributed by atoms with Crippen molar-refractivity contribution in [3.63, 3.8) is 0 Å². The molecule has 0 bridgehead atoms. The van der Waals surface area contributed by atoms with Crippen LogP contribution in [0.4, 0.5) is 11.5 Å². The molecule has 2 N–H and O–H groups in total. The highest BCUT2D eigenvalue weighted by molar-refractivity contribution is 5.98. The maximum Gasteiger partial charge on any atom is 0.288 e. The molecule has 2 aromatic rings. The van der Waals surface area contributed by atoms with Crippen LogP contribution in [0.15, 0.2) is 16.8 Å². The Kier molecular flexibility index (Phi) is 4.57. The monoisotopic (exact) mass is 347 g/mol. The molecule has 1 aliphatic heterocycles. The Balaban J connectivity index is 1.70. The highest BCUT2D eigenvalue weighted by Gasteiger charge is 2.25. The largest absolute Gasteiger partial charge is 0.365 e. The van der Waals surface area contributed by atoms with E-state index in [4.69, 9.17) is 10.3 Å². The second kappa shape index (κ2) is 6.81. The number of nitro groups is 1. The van der Waals surface area contributed by atoms with E-state index in [1.54, 1.807) is 6.92 Å². The Hall–Kier alpha value is -3.08. The molecular weight excluding hydrogens is 330 g/mol. The van der Waals surface area contributed by atoms with Crippen molar-refractivity contribution in [1.29, 1.82) is 0 Å². The number of piperazine rings is 1. The van der Waals surface area contributed by atoms with Crippen LogP contribution in [-0.2, 0) is 6.54 Å². The highest BCUT2D eigenvalue weighted by atomic mass is 16.6. The van der Waals surface area contributed by atoms with Crippen molar-refractivity contribution >= 4 is 17.4 Å². The van der Waals surface area contributed by atoms with Gasteiger partial charge in [-0.1, -0.05) is 5.16 Å². The molecule has 132 valence electrons. The number of anilines is 1. The van der Waals surface area contributed by atoms with Gasteiger partial charge in [-0.25, -0.2) is 4.98 Å². The van der Waals surface area contributed by atoms with Crippen molar-refractivity contribution in [2.45, 2.75) is 13.5 Å². The number of primary amides is 1. The standard InChI is InChI=1S/C14H17N7O4/c1-9-17-12(25-18-9)8-19-2-4-20(5-3-19)14-11(13(15)22)6-10(7-16-14)21(23)24/h6-7H,2-5,8H2,1H3,(H2,15,22). The zero-order chi connectivity index (χ0) is 18.0. The predicted molar refractivity (Wildman–Crippen MR) is 85.9 cm³/mol. The van der Waals surface area contributed by atoms with E-state index in [-0.39, 0.29) is 11.3 Å². The first kappa shape index (κ1) is 16.8. The summed E-state index contributed by atoms with van der Waals surface area (Å²) >= 11 is 0. The minimum atomic E-state index is -0.741. The van der Waals surface area contributed by atoms with Crippen molar-refractivity contribution in [1.82, 2.24) is 20.0 Å². The lowest BCUT2D eigenvalue weighted by Crippen LogP contribution is -2.46. The number of rotatable bonds is 5. The first-order valence-corrected chi connectivity index (χ1v) is 7.65. The first-order chi connectivity index (χ1) is 11.9. The molecule has 11 nitrogen and oxygen atoms in total. The van der Waals surface area contributed by atoms with Crippen LogP contribution in [-0.4, -0.2) is 57.0 Å². The van der Waals surface area contributed by atoms with E-state index in [0.29, 0.717) is 50.3 Å². The molecule has 0 radical (unpaired) electrons. The van der Waals surface area contributed by atoms with Gasteiger partial charge in [0.15, 0.2) is 5.82 Å². The van der Waals surface area contributed by atoms with E-state index < -0.39 is 10.8 Å². The van der Waals surface area contributed by atoms with E-state index >= 15 is 0 Å². The highest BCUT2D eigenvalue weighted by Crippen LogP contribution is 2.23. The van der Waals surface area contributed by atoms with Gasteiger partial charge in [0.2, 0.25) is 5.89 Å². The molecule has 11 heteroatoms. The summed E-state index contributed by atoms with van der Waals surface area (Å²) in [7, 11) is 0. The molecular formula is C14H17N7O4. The van der Waals surface area contributed by atoms with Crippen molar-refractivity contribution in [2.75, 3.05) is 31.1 Å². The minimum Gasteiger partial charge on any atom is -0.365 e. The van der Waals surface area contributed by atoms with Gasteiger partial charge in [0.1, 0.15) is 12.0 Å². The number of nitrogens with zero attached hydrogens (tertiary/aromatic N) is 6. The van der Waals surface area contributed by atoms with Gasteiger partial charge < -0.3 is 15.2 Å². The van der Waals surface area contributed by atoms with Gasteiger partial charge >= 0.3 is 0 Å². The zero-order valence-electron chi connectivity index (χ0n) is 13.6. The van der Waals surface area contributed by atoms with Gasteiger partial charge in [-0.3, -0.25) is 19.8 Å². The number of pyridine rings is 1. The summed E-state index contributed by atoms with van der Waals surface area (Å²) in [5.41, 5.74) is 5.15. The Labute approximate surface area is 142 Å². The summed E-state index contributed by atoms with van der Waals surface area (Å²) in [6, 6.07) is 1.16. The number of aryl methyl sites for hydroxylation is 1. The van der Waals surface area contributed by atoms with Gasteiger partial charge in [-0.15, -0.1) is 0 Å². The van der Waals surface area contributed by atoms with E-state index in [9.17, 15) is 14.9 Å². The second-order valence-electron chi connectivity index (χ2n) is 5.68. The number of hydrogen-bond donors (Lipinski definition) is 1. The number of hydrogen-bond acceptors (Lipinski definition) is 9. The average Bonchev–Trinajstić information content (AvgIpc) is 3.00.